The van der Waals surface area contributed by atoms with Crippen molar-refractivity contribution >= 4 is 32.6 Å². The van der Waals surface area contributed by atoms with E-state index >= 15 is 0 Å². The van der Waals surface area contributed by atoms with Crippen molar-refractivity contribution in [1.82, 2.24) is 9.88 Å². The van der Waals surface area contributed by atoms with Crippen molar-refractivity contribution in [3.8, 4) is 5.75 Å². The van der Waals surface area contributed by atoms with Crippen LogP contribution in [0.5, 0.6) is 5.75 Å². The zero-order valence-corrected chi connectivity index (χ0v) is 20.6. The molecule has 3 aromatic carbocycles. The van der Waals surface area contributed by atoms with Gasteiger partial charge < -0.3 is 9.47 Å². The van der Waals surface area contributed by atoms with E-state index in [0.29, 0.717) is 11.7 Å². The van der Waals surface area contributed by atoms with Gasteiger partial charge in [0.1, 0.15) is 5.75 Å². The first kappa shape index (κ1) is 23.5. The number of carbonyl (C=O) groups excluding carboxylic acids is 1. The van der Waals surface area contributed by atoms with E-state index in [0.717, 1.165) is 59.9 Å². The molecule has 1 amide bonds. The molecule has 1 fully saturated rings. The van der Waals surface area contributed by atoms with E-state index in [1.807, 2.05) is 83.8 Å². The number of morpholine rings is 1. The first-order chi connectivity index (χ1) is 17.2. The minimum Gasteiger partial charge on any atom is -0.497 e. The number of rotatable bonds is 8. The highest BCUT2D eigenvalue weighted by Crippen LogP contribution is 2.34. The number of hydrogen-bond acceptors (Lipinski definition) is 6. The lowest BCUT2D eigenvalue weighted by atomic mass is 9.90. The fourth-order valence-electron chi connectivity index (χ4n) is 4.43. The smallest absolute Gasteiger partial charge is 0.240 e. The standard InChI is InChI=1S/C28H29N3O3S/c1-33-23-12-13-25-24(20-23)29-28(35-25)31(15-14-30-16-18-34-19-17-30)27(32)26(21-8-4-2-5-9-21)22-10-6-3-7-11-22/h2-13,20,26H,14-19H2,1H3. The number of thiazole rings is 1. The predicted octanol–water partition coefficient (Wildman–Crippen LogP) is 4.80. The summed E-state index contributed by atoms with van der Waals surface area (Å²) >= 11 is 1.54. The Hall–Kier alpha value is -3.26. The average molecular weight is 488 g/mol. The highest BCUT2D eigenvalue weighted by molar-refractivity contribution is 7.22. The van der Waals surface area contributed by atoms with Crippen LogP contribution in [0.4, 0.5) is 5.13 Å². The summed E-state index contributed by atoms with van der Waals surface area (Å²) in [6, 6.07) is 25.9. The molecular weight excluding hydrogens is 458 g/mol. The van der Waals surface area contributed by atoms with Crippen LogP contribution in [-0.2, 0) is 9.53 Å². The number of carbonyl (C=O) groups is 1. The summed E-state index contributed by atoms with van der Waals surface area (Å²) in [7, 11) is 1.65. The van der Waals surface area contributed by atoms with Crippen molar-refractivity contribution in [3.05, 3.63) is 90.0 Å². The second-order valence-electron chi connectivity index (χ2n) is 8.53. The van der Waals surface area contributed by atoms with Gasteiger partial charge in [0.15, 0.2) is 5.13 Å². The topological polar surface area (TPSA) is 54.9 Å². The number of amides is 1. The van der Waals surface area contributed by atoms with Crippen LogP contribution in [0.3, 0.4) is 0 Å². The molecule has 6 nitrogen and oxygen atoms in total. The van der Waals surface area contributed by atoms with Crippen molar-refractivity contribution in [2.75, 3.05) is 51.4 Å². The van der Waals surface area contributed by atoms with Crippen LogP contribution in [0.25, 0.3) is 10.2 Å². The highest BCUT2D eigenvalue weighted by Gasteiger charge is 2.30. The first-order valence-electron chi connectivity index (χ1n) is 11.9. The van der Waals surface area contributed by atoms with Gasteiger partial charge in [-0.2, -0.15) is 0 Å². The molecule has 5 rings (SSSR count). The van der Waals surface area contributed by atoms with Crippen LogP contribution in [-0.4, -0.2) is 62.3 Å². The van der Waals surface area contributed by atoms with E-state index in [1.165, 1.54) is 0 Å². The largest absolute Gasteiger partial charge is 0.497 e. The Morgan fingerprint density at radius 1 is 1.03 bits per heavy atom. The molecule has 0 unspecified atom stereocenters. The fraction of sp³-hybridized carbons (Fsp3) is 0.286. The molecule has 0 saturated carbocycles. The van der Waals surface area contributed by atoms with Gasteiger partial charge in [0.25, 0.3) is 0 Å². The number of methoxy groups -OCH3 is 1. The second-order valence-corrected chi connectivity index (χ2v) is 9.54. The van der Waals surface area contributed by atoms with Gasteiger partial charge in [0, 0.05) is 32.2 Å². The number of hydrogen-bond donors (Lipinski definition) is 0. The number of benzene rings is 3. The summed E-state index contributed by atoms with van der Waals surface area (Å²) in [4.78, 5) is 23.4. The second kappa shape index (κ2) is 11.0. The molecule has 0 spiro atoms. The Bertz CT molecular complexity index is 1220. The molecule has 1 saturated heterocycles. The summed E-state index contributed by atoms with van der Waals surface area (Å²) in [6.07, 6.45) is 0. The molecule has 180 valence electrons. The Morgan fingerprint density at radius 2 is 1.69 bits per heavy atom. The van der Waals surface area contributed by atoms with E-state index in [-0.39, 0.29) is 5.91 Å². The van der Waals surface area contributed by atoms with Crippen LogP contribution in [0.1, 0.15) is 17.0 Å². The molecule has 35 heavy (non-hydrogen) atoms. The normalized spacial score (nSPS) is 14.3. The molecule has 0 N–H and O–H groups in total. The maximum Gasteiger partial charge on any atom is 0.240 e. The molecule has 4 aromatic rings. The monoisotopic (exact) mass is 487 g/mol. The third-order valence-electron chi connectivity index (χ3n) is 6.34. The Morgan fingerprint density at radius 3 is 2.31 bits per heavy atom. The third-order valence-corrected chi connectivity index (χ3v) is 7.40. The average Bonchev–Trinajstić information content (AvgIpc) is 3.34. The van der Waals surface area contributed by atoms with Gasteiger partial charge in [-0.15, -0.1) is 0 Å². The summed E-state index contributed by atoms with van der Waals surface area (Å²) in [6.45, 7) is 4.54. The molecule has 1 aliphatic rings. The summed E-state index contributed by atoms with van der Waals surface area (Å²) < 4.78 is 11.9. The van der Waals surface area contributed by atoms with Crippen molar-refractivity contribution in [1.29, 1.82) is 0 Å². The maximum atomic E-state index is 14.3. The molecule has 0 aliphatic carbocycles. The third kappa shape index (κ3) is 5.37. The van der Waals surface area contributed by atoms with Crippen LogP contribution < -0.4 is 9.64 Å². The van der Waals surface area contributed by atoms with Crippen LogP contribution >= 0.6 is 11.3 Å². The van der Waals surface area contributed by atoms with Gasteiger partial charge in [-0.1, -0.05) is 72.0 Å². The van der Waals surface area contributed by atoms with Gasteiger partial charge in [-0.3, -0.25) is 14.6 Å². The number of anilines is 1. The lowest BCUT2D eigenvalue weighted by Gasteiger charge is -2.31. The maximum absolute atomic E-state index is 14.3. The van der Waals surface area contributed by atoms with E-state index < -0.39 is 5.92 Å². The molecule has 0 atom stereocenters. The molecular formula is C28H29N3O3S. The number of aromatic nitrogens is 1. The Balaban J connectivity index is 1.53. The van der Waals surface area contributed by atoms with Crippen LogP contribution in [0.2, 0.25) is 0 Å². The highest BCUT2D eigenvalue weighted by atomic mass is 32.1. The zero-order chi connectivity index (χ0) is 24.0. The number of ether oxygens (including phenoxy) is 2. The quantitative estimate of drug-likeness (QED) is 0.357. The molecule has 0 radical (unpaired) electrons. The minimum atomic E-state index is -0.413. The van der Waals surface area contributed by atoms with E-state index in [4.69, 9.17) is 14.5 Å². The lowest BCUT2D eigenvalue weighted by molar-refractivity contribution is -0.119. The molecule has 2 heterocycles. The Labute approximate surface area is 209 Å². The Kier molecular flexibility index (Phi) is 7.37. The van der Waals surface area contributed by atoms with E-state index in [9.17, 15) is 4.79 Å². The molecule has 7 heteroatoms. The van der Waals surface area contributed by atoms with Crippen molar-refractivity contribution in [3.63, 3.8) is 0 Å². The van der Waals surface area contributed by atoms with Crippen molar-refractivity contribution in [2.24, 2.45) is 0 Å². The predicted molar refractivity (Wildman–Crippen MR) is 141 cm³/mol. The van der Waals surface area contributed by atoms with Gasteiger partial charge in [-0.25, -0.2) is 4.98 Å². The van der Waals surface area contributed by atoms with Gasteiger partial charge in [0.2, 0.25) is 5.91 Å². The minimum absolute atomic E-state index is 0.0293. The van der Waals surface area contributed by atoms with Gasteiger partial charge in [0.05, 0.1) is 36.5 Å². The fourth-order valence-corrected chi connectivity index (χ4v) is 5.41. The zero-order valence-electron chi connectivity index (χ0n) is 19.8. The molecule has 1 aromatic heterocycles. The van der Waals surface area contributed by atoms with Gasteiger partial charge in [-0.05, 0) is 23.3 Å². The molecule has 0 bridgehead atoms. The lowest BCUT2D eigenvalue weighted by Crippen LogP contribution is -2.44. The molecule has 1 aliphatic heterocycles. The van der Waals surface area contributed by atoms with E-state index in [1.54, 1.807) is 18.4 Å². The number of nitrogens with zero attached hydrogens (tertiary/aromatic N) is 3. The summed E-state index contributed by atoms with van der Waals surface area (Å²) in [5, 5.41) is 0.711. The van der Waals surface area contributed by atoms with Crippen molar-refractivity contribution in [2.45, 2.75) is 5.92 Å². The first-order valence-corrected chi connectivity index (χ1v) is 12.7. The summed E-state index contributed by atoms with van der Waals surface area (Å²) in [5.74, 6) is 0.373. The van der Waals surface area contributed by atoms with Gasteiger partial charge >= 0.3 is 0 Å². The van der Waals surface area contributed by atoms with Crippen molar-refractivity contribution < 1.29 is 14.3 Å². The van der Waals surface area contributed by atoms with Crippen LogP contribution in [0.15, 0.2) is 78.9 Å². The number of fused-ring (bicyclic) bond motifs is 1. The SMILES string of the molecule is COc1ccc2sc(N(CCN3CCOCC3)C(=O)C(c3ccccc3)c3ccccc3)nc2c1. The summed E-state index contributed by atoms with van der Waals surface area (Å²) in [5.41, 5.74) is 2.79. The van der Waals surface area contributed by atoms with Crippen LogP contribution in [0, 0.1) is 0 Å². The van der Waals surface area contributed by atoms with E-state index in [2.05, 4.69) is 4.90 Å².